The zero-order valence-electron chi connectivity index (χ0n) is 14.4. The predicted molar refractivity (Wildman–Crippen MR) is 89.3 cm³/mol. The number of nitrogens with zero attached hydrogens (tertiary/aromatic N) is 2. The molecule has 9 heteroatoms. The fourth-order valence-electron chi connectivity index (χ4n) is 1.46. The predicted octanol–water partition coefficient (Wildman–Crippen LogP) is 1.16. The average molecular weight is 340 g/mol. The van der Waals surface area contributed by atoms with Gasteiger partial charge in [-0.15, -0.1) is 0 Å². The van der Waals surface area contributed by atoms with Crippen molar-refractivity contribution in [3.05, 3.63) is 24.0 Å². The quantitative estimate of drug-likeness (QED) is 0.532. The van der Waals surface area contributed by atoms with Crippen LogP contribution < -0.4 is 11.1 Å². The monoisotopic (exact) mass is 340 g/mol. The summed E-state index contributed by atoms with van der Waals surface area (Å²) in [5.41, 5.74) is 4.66. The SMILES string of the molecule is C=C/C(CNC(=O)OC(C)(C)C)=C(\N=C)N(C)C(=O)OCC(N)=O. The second-order valence-corrected chi connectivity index (χ2v) is 5.65. The molecule has 0 fully saturated rings. The van der Waals surface area contributed by atoms with Crippen LogP contribution in [0.15, 0.2) is 29.0 Å². The van der Waals surface area contributed by atoms with Gasteiger partial charge in [0.2, 0.25) is 0 Å². The number of hydrogen-bond acceptors (Lipinski definition) is 6. The second kappa shape index (κ2) is 9.33. The van der Waals surface area contributed by atoms with Crippen LogP contribution in [0.1, 0.15) is 20.8 Å². The molecular formula is C15H24N4O5. The minimum Gasteiger partial charge on any atom is -0.444 e. The molecule has 0 aliphatic rings. The van der Waals surface area contributed by atoms with Crippen LogP contribution in [-0.2, 0) is 14.3 Å². The highest BCUT2D eigenvalue weighted by atomic mass is 16.6. The summed E-state index contributed by atoms with van der Waals surface area (Å²) in [4.78, 5) is 38.9. The van der Waals surface area contributed by atoms with Crippen LogP contribution in [0.4, 0.5) is 9.59 Å². The molecule has 9 nitrogen and oxygen atoms in total. The average Bonchev–Trinajstić information content (AvgIpc) is 2.46. The summed E-state index contributed by atoms with van der Waals surface area (Å²) in [6, 6.07) is 0. The molecular weight excluding hydrogens is 316 g/mol. The van der Waals surface area contributed by atoms with Gasteiger partial charge in [0.1, 0.15) is 11.4 Å². The molecule has 0 radical (unpaired) electrons. The van der Waals surface area contributed by atoms with E-state index in [1.54, 1.807) is 20.8 Å². The lowest BCUT2D eigenvalue weighted by Crippen LogP contribution is -2.35. The van der Waals surface area contributed by atoms with Crippen LogP contribution in [0.5, 0.6) is 0 Å². The normalized spacial score (nSPS) is 11.7. The Bertz CT molecular complexity index is 549. The molecule has 0 aromatic rings. The molecule has 0 spiro atoms. The lowest BCUT2D eigenvalue weighted by Gasteiger charge is -2.21. The fraction of sp³-hybridized carbons (Fsp3) is 0.467. The summed E-state index contributed by atoms with van der Waals surface area (Å²) in [5, 5.41) is 2.52. The first kappa shape index (κ1) is 21.2. The number of alkyl carbamates (subject to hydrolysis) is 1. The number of nitrogens with two attached hydrogens (primary N) is 1. The number of carbonyl (C=O) groups is 3. The molecule has 134 valence electrons. The Kier molecular flexibility index (Phi) is 8.23. The number of amides is 3. The van der Waals surface area contributed by atoms with Gasteiger partial charge in [0.05, 0.1) is 0 Å². The first-order valence-corrected chi connectivity index (χ1v) is 6.99. The number of primary amides is 1. The first-order chi connectivity index (χ1) is 11.0. The fourth-order valence-corrected chi connectivity index (χ4v) is 1.46. The minimum absolute atomic E-state index is 0.000204. The van der Waals surface area contributed by atoms with Crippen molar-refractivity contribution in [2.75, 3.05) is 20.2 Å². The van der Waals surface area contributed by atoms with Crippen LogP contribution in [0.3, 0.4) is 0 Å². The van der Waals surface area contributed by atoms with Gasteiger partial charge in [-0.2, -0.15) is 0 Å². The van der Waals surface area contributed by atoms with E-state index in [0.717, 1.165) is 4.90 Å². The molecule has 0 rings (SSSR count). The molecule has 0 aliphatic heterocycles. The smallest absolute Gasteiger partial charge is 0.415 e. The van der Waals surface area contributed by atoms with E-state index in [1.807, 2.05) is 0 Å². The molecule has 0 heterocycles. The Morgan fingerprint density at radius 2 is 1.92 bits per heavy atom. The van der Waals surface area contributed by atoms with Crippen LogP contribution in [0.2, 0.25) is 0 Å². The summed E-state index contributed by atoms with van der Waals surface area (Å²) in [6.45, 7) is 11.6. The summed E-state index contributed by atoms with van der Waals surface area (Å²) in [7, 11) is 1.37. The third-order valence-electron chi connectivity index (χ3n) is 2.43. The Morgan fingerprint density at radius 3 is 2.33 bits per heavy atom. The molecule has 0 saturated carbocycles. The van der Waals surface area contributed by atoms with Gasteiger partial charge < -0.3 is 20.5 Å². The Morgan fingerprint density at radius 1 is 1.33 bits per heavy atom. The molecule has 3 N–H and O–H groups in total. The highest BCUT2D eigenvalue weighted by molar-refractivity contribution is 5.79. The highest BCUT2D eigenvalue weighted by Crippen LogP contribution is 2.13. The van der Waals surface area contributed by atoms with E-state index in [-0.39, 0.29) is 12.4 Å². The summed E-state index contributed by atoms with van der Waals surface area (Å²) < 4.78 is 9.79. The van der Waals surface area contributed by atoms with Crippen molar-refractivity contribution in [2.45, 2.75) is 26.4 Å². The maximum Gasteiger partial charge on any atom is 0.415 e. The van der Waals surface area contributed by atoms with Gasteiger partial charge in [-0.05, 0) is 27.5 Å². The van der Waals surface area contributed by atoms with Crippen molar-refractivity contribution in [3.63, 3.8) is 0 Å². The molecule has 0 aromatic heterocycles. The van der Waals surface area contributed by atoms with Crippen LogP contribution in [-0.4, -0.2) is 55.5 Å². The third kappa shape index (κ3) is 7.97. The number of hydrogen-bond donors (Lipinski definition) is 2. The van der Waals surface area contributed by atoms with Gasteiger partial charge in [0, 0.05) is 19.2 Å². The molecule has 0 unspecified atom stereocenters. The van der Waals surface area contributed by atoms with Gasteiger partial charge in [-0.1, -0.05) is 12.7 Å². The van der Waals surface area contributed by atoms with E-state index in [0.29, 0.717) is 5.57 Å². The van der Waals surface area contributed by atoms with Crippen molar-refractivity contribution in [2.24, 2.45) is 10.7 Å². The van der Waals surface area contributed by atoms with E-state index >= 15 is 0 Å². The Hall–Kier alpha value is -2.84. The van der Waals surface area contributed by atoms with Crippen LogP contribution >= 0.6 is 0 Å². The molecule has 3 amide bonds. The molecule has 0 aliphatic carbocycles. The van der Waals surface area contributed by atoms with Gasteiger partial charge in [-0.3, -0.25) is 9.69 Å². The van der Waals surface area contributed by atoms with Gasteiger partial charge in [-0.25, -0.2) is 14.6 Å². The number of aliphatic imine (C=N–C) groups is 1. The van der Waals surface area contributed by atoms with Crippen molar-refractivity contribution in [3.8, 4) is 0 Å². The molecule has 0 atom stereocenters. The van der Waals surface area contributed by atoms with Crippen LogP contribution in [0, 0.1) is 0 Å². The number of nitrogens with one attached hydrogen (secondary N) is 1. The molecule has 0 bridgehead atoms. The summed E-state index contributed by atoms with van der Waals surface area (Å²) in [6.07, 6.45) is -0.0868. The van der Waals surface area contributed by atoms with Gasteiger partial charge in [0.25, 0.3) is 5.91 Å². The third-order valence-corrected chi connectivity index (χ3v) is 2.43. The van der Waals surface area contributed by atoms with Gasteiger partial charge in [0.15, 0.2) is 6.61 Å². The zero-order valence-corrected chi connectivity index (χ0v) is 14.4. The zero-order chi connectivity index (χ0) is 18.9. The Balaban J connectivity index is 5.04. The first-order valence-electron chi connectivity index (χ1n) is 6.99. The van der Waals surface area contributed by atoms with Crippen molar-refractivity contribution < 1.29 is 23.9 Å². The standard InChI is InChI=1S/C15H24N4O5/c1-7-10(8-18-13(21)24-15(2,3)4)12(17-5)19(6)14(22)23-9-11(16)20/h7H,1,5,8-9H2,2-4,6H3,(H2,16,20)(H,18,21)/b12-10-. The molecule has 0 aromatic carbocycles. The van der Waals surface area contributed by atoms with Crippen LogP contribution in [0.25, 0.3) is 0 Å². The topological polar surface area (TPSA) is 123 Å². The van der Waals surface area contributed by atoms with E-state index < -0.39 is 30.3 Å². The van der Waals surface area contributed by atoms with E-state index in [9.17, 15) is 14.4 Å². The maximum absolute atomic E-state index is 11.8. The minimum atomic E-state index is -0.854. The highest BCUT2D eigenvalue weighted by Gasteiger charge is 2.19. The molecule has 24 heavy (non-hydrogen) atoms. The van der Waals surface area contributed by atoms with E-state index in [1.165, 1.54) is 13.1 Å². The lowest BCUT2D eigenvalue weighted by atomic mass is 10.2. The Labute approximate surface area is 141 Å². The number of rotatable bonds is 7. The van der Waals surface area contributed by atoms with Crippen molar-refractivity contribution in [1.29, 1.82) is 0 Å². The number of carbonyl (C=O) groups excluding carboxylic acids is 3. The molecule has 0 saturated heterocycles. The van der Waals surface area contributed by atoms with Crippen molar-refractivity contribution in [1.82, 2.24) is 10.2 Å². The lowest BCUT2D eigenvalue weighted by molar-refractivity contribution is -0.121. The summed E-state index contributed by atoms with van der Waals surface area (Å²) >= 11 is 0. The maximum atomic E-state index is 11.8. The van der Waals surface area contributed by atoms with Gasteiger partial charge >= 0.3 is 12.2 Å². The van der Waals surface area contributed by atoms with E-state index in [2.05, 4.69) is 28.3 Å². The second-order valence-electron chi connectivity index (χ2n) is 5.65. The van der Waals surface area contributed by atoms with Crippen molar-refractivity contribution >= 4 is 24.8 Å². The number of ether oxygens (including phenoxy) is 2. The largest absolute Gasteiger partial charge is 0.444 e. The van der Waals surface area contributed by atoms with E-state index in [4.69, 9.17) is 10.5 Å². The summed E-state index contributed by atoms with van der Waals surface area (Å²) in [5.74, 6) is -0.681.